The van der Waals surface area contributed by atoms with E-state index in [0.29, 0.717) is 19.6 Å². The number of hydrogen-bond acceptors (Lipinski definition) is 4. The summed E-state index contributed by atoms with van der Waals surface area (Å²) in [6, 6.07) is 5.71. The summed E-state index contributed by atoms with van der Waals surface area (Å²) in [6.07, 6.45) is 1.63. The van der Waals surface area contributed by atoms with Gasteiger partial charge in [0.25, 0.3) is 0 Å². The Labute approximate surface area is 131 Å². The Morgan fingerprint density at radius 1 is 1.43 bits per heavy atom. The molecule has 0 aromatic heterocycles. The molecule has 1 aromatic carbocycles. The Morgan fingerprint density at radius 2 is 2.24 bits per heavy atom. The van der Waals surface area contributed by atoms with Crippen LogP contribution in [0.1, 0.15) is 12.0 Å². The van der Waals surface area contributed by atoms with E-state index in [1.807, 2.05) is 25.2 Å². The Morgan fingerprint density at radius 3 is 2.95 bits per heavy atom. The van der Waals surface area contributed by atoms with Crippen LogP contribution in [-0.4, -0.2) is 39.8 Å². The third kappa shape index (κ3) is 4.79. The number of fused-ring (bicyclic) bond motifs is 1. The summed E-state index contributed by atoms with van der Waals surface area (Å²) in [5.74, 6) is 1.59. The summed E-state index contributed by atoms with van der Waals surface area (Å²) in [6.45, 7) is 2.04. The molecule has 0 aliphatic carbocycles. The SMILES string of the molecule is CNCCCNC(=O)C1COc2ccc(OC)cc2C1.Cl. The number of rotatable bonds is 6. The van der Waals surface area contributed by atoms with Gasteiger partial charge in [-0.2, -0.15) is 0 Å². The normalized spacial score (nSPS) is 16.2. The Hall–Kier alpha value is -1.46. The number of nitrogens with one attached hydrogen (secondary N) is 2. The molecule has 5 nitrogen and oxygen atoms in total. The van der Waals surface area contributed by atoms with E-state index in [2.05, 4.69) is 10.6 Å². The number of methoxy groups -OCH3 is 1. The Kier molecular flexibility index (Phi) is 7.32. The molecule has 21 heavy (non-hydrogen) atoms. The van der Waals surface area contributed by atoms with Crippen molar-refractivity contribution < 1.29 is 14.3 Å². The molecule has 0 saturated heterocycles. The van der Waals surface area contributed by atoms with Gasteiger partial charge >= 0.3 is 0 Å². The van der Waals surface area contributed by atoms with Crippen LogP contribution in [-0.2, 0) is 11.2 Å². The van der Waals surface area contributed by atoms with Gasteiger partial charge in [-0.1, -0.05) is 0 Å². The second-order valence-electron chi connectivity index (χ2n) is 4.93. The fourth-order valence-corrected chi connectivity index (χ4v) is 2.29. The first-order valence-corrected chi connectivity index (χ1v) is 6.96. The van der Waals surface area contributed by atoms with Gasteiger partial charge in [0.2, 0.25) is 5.91 Å². The van der Waals surface area contributed by atoms with E-state index in [1.54, 1.807) is 7.11 Å². The zero-order valence-corrected chi connectivity index (χ0v) is 13.3. The summed E-state index contributed by atoms with van der Waals surface area (Å²) >= 11 is 0. The number of ether oxygens (including phenoxy) is 2. The number of benzene rings is 1. The molecule has 0 radical (unpaired) electrons. The zero-order valence-electron chi connectivity index (χ0n) is 12.5. The molecule has 1 heterocycles. The number of hydrogen-bond donors (Lipinski definition) is 2. The van der Waals surface area contributed by atoms with Crippen LogP contribution in [0.4, 0.5) is 0 Å². The molecule has 1 unspecified atom stereocenters. The minimum absolute atomic E-state index is 0. The minimum atomic E-state index is -0.121. The molecule has 0 saturated carbocycles. The molecule has 0 spiro atoms. The molecule has 2 rings (SSSR count). The van der Waals surface area contributed by atoms with Crippen molar-refractivity contribution in [3.63, 3.8) is 0 Å². The van der Waals surface area contributed by atoms with Crippen molar-refractivity contribution in [2.75, 3.05) is 33.9 Å². The van der Waals surface area contributed by atoms with E-state index >= 15 is 0 Å². The van der Waals surface area contributed by atoms with Crippen molar-refractivity contribution in [2.24, 2.45) is 5.92 Å². The van der Waals surface area contributed by atoms with Crippen molar-refractivity contribution in [1.82, 2.24) is 10.6 Å². The van der Waals surface area contributed by atoms with Crippen molar-refractivity contribution in [1.29, 1.82) is 0 Å². The van der Waals surface area contributed by atoms with Crippen molar-refractivity contribution in [3.05, 3.63) is 23.8 Å². The Bertz CT molecular complexity index is 468. The first-order valence-electron chi connectivity index (χ1n) is 6.96. The molecule has 0 fully saturated rings. The fraction of sp³-hybridized carbons (Fsp3) is 0.533. The molecule has 0 bridgehead atoms. The number of carbonyl (C=O) groups excluding carboxylic acids is 1. The van der Waals surface area contributed by atoms with Gasteiger partial charge in [-0.05, 0) is 50.2 Å². The minimum Gasteiger partial charge on any atom is -0.497 e. The lowest BCUT2D eigenvalue weighted by atomic mass is 9.96. The van der Waals surface area contributed by atoms with Gasteiger partial charge < -0.3 is 20.1 Å². The highest BCUT2D eigenvalue weighted by Gasteiger charge is 2.25. The first-order chi connectivity index (χ1) is 9.74. The quantitative estimate of drug-likeness (QED) is 0.779. The van der Waals surface area contributed by atoms with E-state index in [4.69, 9.17) is 9.47 Å². The maximum absolute atomic E-state index is 12.1. The molecule has 2 N–H and O–H groups in total. The summed E-state index contributed by atoms with van der Waals surface area (Å²) in [7, 11) is 3.54. The third-order valence-electron chi connectivity index (χ3n) is 3.45. The lowest BCUT2D eigenvalue weighted by Gasteiger charge is -2.25. The van der Waals surface area contributed by atoms with E-state index in [9.17, 15) is 4.79 Å². The molecular weight excluding hydrogens is 292 g/mol. The van der Waals surface area contributed by atoms with Crippen molar-refractivity contribution >= 4 is 18.3 Å². The predicted molar refractivity (Wildman–Crippen MR) is 84.5 cm³/mol. The summed E-state index contributed by atoms with van der Waals surface area (Å²) < 4.78 is 10.9. The van der Waals surface area contributed by atoms with Gasteiger partial charge in [0, 0.05) is 6.54 Å². The highest BCUT2D eigenvalue weighted by atomic mass is 35.5. The van der Waals surface area contributed by atoms with E-state index in [-0.39, 0.29) is 24.2 Å². The van der Waals surface area contributed by atoms with Crippen LogP contribution in [0, 0.1) is 5.92 Å². The molecule has 1 aliphatic heterocycles. The third-order valence-corrected chi connectivity index (χ3v) is 3.45. The van der Waals surface area contributed by atoms with Gasteiger partial charge in [-0.25, -0.2) is 0 Å². The lowest BCUT2D eigenvalue weighted by molar-refractivity contribution is -0.126. The average molecular weight is 315 g/mol. The van der Waals surface area contributed by atoms with Gasteiger partial charge in [0.1, 0.15) is 18.1 Å². The van der Waals surface area contributed by atoms with Gasteiger partial charge in [0.15, 0.2) is 0 Å². The second kappa shape index (κ2) is 8.74. The van der Waals surface area contributed by atoms with Crippen LogP contribution in [0.25, 0.3) is 0 Å². The van der Waals surface area contributed by atoms with Crippen LogP contribution >= 0.6 is 12.4 Å². The maximum Gasteiger partial charge on any atom is 0.226 e. The standard InChI is InChI=1S/C15H22N2O3.ClH/c1-16-6-3-7-17-15(18)12-8-11-9-13(19-2)4-5-14(11)20-10-12;/h4-5,9,12,16H,3,6-8,10H2,1-2H3,(H,17,18);1H. The van der Waals surface area contributed by atoms with Crippen LogP contribution in [0.2, 0.25) is 0 Å². The second-order valence-corrected chi connectivity index (χ2v) is 4.93. The molecule has 1 atom stereocenters. The number of halogens is 1. The molecule has 118 valence electrons. The van der Waals surface area contributed by atoms with E-state index in [1.165, 1.54) is 0 Å². The fourth-order valence-electron chi connectivity index (χ4n) is 2.29. The van der Waals surface area contributed by atoms with Gasteiger partial charge in [-0.15, -0.1) is 12.4 Å². The topological polar surface area (TPSA) is 59.6 Å². The summed E-state index contributed by atoms with van der Waals surface area (Å²) in [4.78, 5) is 12.1. The average Bonchev–Trinajstić information content (AvgIpc) is 2.50. The Balaban J connectivity index is 0.00000220. The molecular formula is C15H23ClN2O3. The lowest BCUT2D eigenvalue weighted by Crippen LogP contribution is -2.38. The maximum atomic E-state index is 12.1. The van der Waals surface area contributed by atoms with Crippen LogP contribution in [0.15, 0.2) is 18.2 Å². The molecule has 6 heteroatoms. The molecule has 1 aromatic rings. The smallest absolute Gasteiger partial charge is 0.226 e. The summed E-state index contributed by atoms with van der Waals surface area (Å²) in [5.41, 5.74) is 1.03. The van der Waals surface area contributed by atoms with Crippen LogP contribution < -0.4 is 20.1 Å². The first kappa shape index (κ1) is 17.6. The largest absolute Gasteiger partial charge is 0.497 e. The predicted octanol–water partition coefficient (Wildman–Crippen LogP) is 1.39. The highest BCUT2D eigenvalue weighted by Crippen LogP contribution is 2.30. The van der Waals surface area contributed by atoms with Gasteiger partial charge in [-0.3, -0.25) is 4.79 Å². The monoisotopic (exact) mass is 314 g/mol. The summed E-state index contributed by atoms with van der Waals surface area (Å²) in [5, 5.41) is 6.01. The highest BCUT2D eigenvalue weighted by molar-refractivity contribution is 5.85. The molecule has 1 aliphatic rings. The van der Waals surface area contributed by atoms with Crippen LogP contribution in [0.3, 0.4) is 0 Å². The van der Waals surface area contributed by atoms with Crippen LogP contribution in [0.5, 0.6) is 11.5 Å². The van der Waals surface area contributed by atoms with E-state index < -0.39 is 0 Å². The number of carbonyl (C=O) groups is 1. The molecule has 1 amide bonds. The van der Waals surface area contributed by atoms with Crippen molar-refractivity contribution in [2.45, 2.75) is 12.8 Å². The zero-order chi connectivity index (χ0) is 14.4. The number of amides is 1. The van der Waals surface area contributed by atoms with E-state index in [0.717, 1.165) is 30.0 Å². The van der Waals surface area contributed by atoms with Gasteiger partial charge in [0.05, 0.1) is 13.0 Å². The van der Waals surface area contributed by atoms with Crippen molar-refractivity contribution in [3.8, 4) is 11.5 Å².